The van der Waals surface area contributed by atoms with Crippen LogP contribution >= 0.6 is 0 Å². The van der Waals surface area contributed by atoms with E-state index >= 15 is 0 Å². The maximum absolute atomic E-state index is 6.39. The largest absolute Gasteiger partial charge is 0.376 e. The molecule has 1 aliphatic rings. The van der Waals surface area contributed by atoms with Crippen LogP contribution in [0.15, 0.2) is 36.5 Å². The van der Waals surface area contributed by atoms with Crippen LogP contribution < -0.4 is 10.6 Å². The summed E-state index contributed by atoms with van der Waals surface area (Å²) in [4.78, 5) is 2.16. The van der Waals surface area contributed by atoms with Crippen LogP contribution in [0.25, 0.3) is 5.69 Å². The molecule has 1 unspecified atom stereocenters. The number of para-hydroxylation sites is 2. The number of aromatic nitrogens is 1. The van der Waals surface area contributed by atoms with Gasteiger partial charge in [-0.3, -0.25) is 0 Å². The van der Waals surface area contributed by atoms with Gasteiger partial charge in [0.15, 0.2) is 0 Å². The average Bonchev–Trinajstić information content (AvgIpc) is 2.80. The normalized spacial score (nSPS) is 20.1. The molecule has 1 aliphatic carbocycles. The molecule has 0 saturated heterocycles. The van der Waals surface area contributed by atoms with Crippen molar-refractivity contribution < 1.29 is 0 Å². The molecule has 0 fully saturated rings. The van der Waals surface area contributed by atoms with Crippen LogP contribution in [0.1, 0.15) is 37.6 Å². The topological polar surface area (TPSA) is 34.2 Å². The molecule has 0 radical (unpaired) electrons. The Labute approximate surface area is 127 Å². The number of hydrogen-bond acceptors (Lipinski definition) is 2. The van der Waals surface area contributed by atoms with Crippen LogP contribution in [0.4, 0.5) is 5.69 Å². The highest BCUT2D eigenvalue weighted by atomic mass is 15.1. The average molecular weight is 283 g/mol. The lowest BCUT2D eigenvalue weighted by Gasteiger charge is -2.35. The standard InChI is InChI=1S/C18H25N3/c1-18(2)11-14(19)13-9-10-21(17(13)12-18)16-8-6-5-7-15(16)20(3)4/h5-10,14H,11-12,19H2,1-4H3. The third kappa shape index (κ3) is 2.46. The van der Waals surface area contributed by atoms with Crippen LogP contribution in [0, 0.1) is 5.41 Å². The summed E-state index contributed by atoms with van der Waals surface area (Å²) in [5, 5.41) is 0. The first-order chi connectivity index (χ1) is 9.89. The van der Waals surface area contributed by atoms with Crippen molar-refractivity contribution in [2.24, 2.45) is 11.1 Å². The minimum absolute atomic E-state index is 0.150. The zero-order chi connectivity index (χ0) is 15.2. The molecule has 3 nitrogen and oxygen atoms in total. The van der Waals surface area contributed by atoms with Crippen LogP contribution in [-0.4, -0.2) is 18.7 Å². The number of rotatable bonds is 2. The molecule has 3 rings (SSSR count). The minimum atomic E-state index is 0.150. The van der Waals surface area contributed by atoms with Gasteiger partial charge >= 0.3 is 0 Å². The molecule has 1 aromatic carbocycles. The summed E-state index contributed by atoms with van der Waals surface area (Å²) < 4.78 is 2.32. The molecular weight excluding hydrogens is 258 g/mol. The van der Waals surface area contributed by atoms with Gasteiger partial charge in [0, 0.05) is 32.0 Å². The molecule has 112 valence electrons. The molecule has 0 bridgehead atoms. The van der Waals surface area contributed by atoms with E-state index in [4.69, 9.17) is 5.73 Å². The van der Waals surface area contributed by atoms with E-state index in [0.29, 0.717) is 0 Å². The van der Waals surface area contributed by atoms with Crippen molar-refractivity contribution >= 4 is 5.69 Å². The van der Waals surface area contributed by atoms with Gasteiger partial charge in [-0.2, -0.15) is 0 Å². The number of benzene rings is 1. The van der Waals surface area contributed by atoms with E-state index in [1.165, 1.54) is 22.6 Å². The molecular formula is C18H25N3. The lowest BCUT2D eigenvalue weighted by Crippen LogP contribution is -2.30. The van der Waals surface area contributed by atoms with Crippen molar-refractivity contribution in [3.63, 3.8) is 0 Å². The monoisotopic (exact) mass is 283 g/mol. The molecule has 2 aromatic rings. The van der Waals surface area contributed by atoms with Gasteiger partial charge in [-0.15, -0.1) is 0 Å². The zero-order valence-corrected chi connectivity index (χ0v) is 13.4. The number of nitrogens with two attached hydrogens (primary N) is 1. The summed E-state index contributed by atoms with van der Waals surface area (Å²) in [6.45, 7) is 4.62. The summed E-state index contributed by atoms with van der Waals surface area (Å²) in [5.74, 6) is 0. The molecule has 21 heavy (non-hydrogen) atoms. The highest BCUT2D eigenvalue weighted by molar-refractivity contribution is 5.63. The van der Waals surface area contributed by atoms with Crippen LogP contribution in [0.2, 0.25) is 0 Å². The zero-order valence-electron chi connectivity index (χ0n) is 13.4. The van der Waals surface area contributed by atoms with E-state index in [9.17, 15) is 0 Å². The van der Waals surface area contributed by atoms with Gasteiger partial charge in [0.25, 0.3) is 0 Å². The Hall–Kier alpha value is -1.74. The van der Waals surface area contributed by atoms with Crippen LogP contribution in [0.5, 0.6) is 0 Å². The molecule has 0 saturated carbocycles. The molecule has 0 amide bonds. The van der Waals surface area contributed by atoms with Gasteiger partial charge in [-0.05, 0) is 42.0 Å². The highest BCUT2D eigenvalue weighted by Crippen LogP contribution is 2.41. The maximum atomic E-state index is 6.39. The molecule has 1 aromatic heterocycles. The van der Waals surface area contributed by atoms with E-state index in [0.717, 1.165) is 12.8 Å². The first kappa shape index (κ1) is 14.2. The van der Waals surface area contributed by atoms with Gasteiger partial charge in [-0.1, -0.05) is 26.0 Å². The van der Waals surface area contributed by atoms with Crippen LogP contribution in [-0.2, 0) is 6.42 Å². The number of fused-ring (bicyclic) bond motifs is 1. The Bertz CT molecular complexity index is 652. The Kier molecular flexibility index (Phi) is 3.33. The second kappa shape index (κ2) is 4.92. The Morgan fingerprint density at radius 3 is 2.62 bits per heavy atom. The Balaban J connectivity index is 2.15. The van der Waals surface area contributed by atoms with Crippen LogP contribution in [0.3, 0.4) is 0 Å². The van der Waals surface area contributed by atoms with E-state index in [2.05, 4.69) is 73.9 Å². The molecule has 0 aliphatic heterocycles. The third-order valence-corrected chi connectivity index (χ3v) is 4.47. The molecule has 0 spiro atoms. The second-order valence-electron chi connectivity index (χ2n) is 7.12. The van der Waals surface area contributed by atoms with Crippen molar-refractivity contribution in [3.05, 3.63) is 47.8 Å². The summed E-state index contributed by atoms with van der Waals surface area (Å²) >= 11 is 0. The van der Waals surface area contributed by atoms with Crippen molar-refractivity contribution in [1.29, 1.82) is 0 Å². The second-order valence-corrected chi connectivity index (χ2v) is 7.12. The fourth-order valence-corrected chi connectivity index (χ4v) is 3.51. The van der Waals surface area contributed by atoms with E-state index in [1.54, 1.807) is 0 Å². The van der Waals surface area contributed by atoms with E-state index in [1.807, 2.05) is 0 Å². The summed E-state index contributed by atoms with van der Waals surface area (Å²) in [5.41, 5.74) is 11.8. The lowest BCUT2D eigenvalue weighted by atomic mass is 9.74. The SMILES string of the molecule is CN(C)c1ccccc1-n1ccc2c1CC(C)(C)CC2N. The van der Waals surface area contributed by atoms with Gasteiger partial charge in [0.05, 0.1) is 11.4 Å². The van der Waals surface area contributed by atoms with Crippen molar-refractivity contribution in [1.82, 2.24) is 4.57 Å². The lowest BCUT2D eigenvalue weighted by molar-refractivity contribution is 0.278. The first-order valence-electron chi connectivity index (χ1n) is 7.61. The summed E-state index contributed by atoms with van der Waals surface area (Å²) in [6.07, 6.45) is 4.30. The molecule has 1 heterocycles. The molecule has 1 atom stereocenters. The predicted molar refractivity (Wildman–Crippen MR) is 89.1 cm³/mol. The fraction of sp³-hybridized carbons (Fsp3) is 0.444. The highest BCUT2D eigenvalue weighted by Gasteiger charge is 2.32. The van der Waals surface area contributed by atoms with Crippen molar-refractivity contribution in [2.75, 3.05) is 19.0 Å². The van der Waals surface area contributed by atoms with E-state index < -0.39 is 0 Å². The maximum Gasteiger partial charge on any atom is 0.0687 e. The van der Waals surface area contributed by atoms with Gasteiger partial charge in [0.1, 0.15) is 0 Å². The van der Waals surface area contributed by atoms with Gasteiger partial charge < -0.3 is 15.2 Å². The summed E-state index contributed by atoms with van der Waals surface area (Å²) in [7, 11) is 4.18. The fourth-order valence-electron chi connectivity index (χ4n) is 3.51. The minimum Gasteiger partial charge on any atom is -0.376 e. The van der Waals surface area contributed by atoms with Gasteiger partial charge in [0.2, 0.25) is 0 Å². The Morgan fingerprint density at radius 1 is 1.19 bits per heavy atom. The predicted octanol–water partition coefficient (Wildman–Crippen LogP) is 3.52. The smallest absolute Gasteiger partial charge is 0.0687 e. The molecule has 2 N–H and O–H groups in total. The number of nitrogens with zero attached hydrogens (tertiary/aromatic N) is 2. The number of anilines is 1. The Morgan fingerprint density at radius 2 is 1.90 bits per heavy atom. The first-order valence-corrected chi connectivity index (χ1v) is 7.61. The van der Waals surface area contributed by atoms with Gasteiger partial charge in [-0.25, -0.2) is 0 Å². The van der Waals surface area contributed by atoms with E-state index in [-0.39, 0.29) is 11.5 Å². The van der Waals surface area contributed by atoms with Crippen molar-refractivity contribution in [3.8, 4) is 5.69 Å². The quantitative estimate of drug-likeness (QED) is 0.915. The molecule has 3 heteroatoms. The van der Waals surface area contributed by atoms with Crippen molar-refractivity contribution in [2.45, 2.75) is 32.7 Å². The third-order valence-electron chi connectivity index (χ3n) is 4.47. The summed E-state index contributed by atoms with van der Waals surface area (Å²) in [6, 6.07) is 10.9. The number of hydrogen-bond donors (Lipinski definition) is 1.